The summed E-state index contributed by atoms with van der Waals surface area (Å²) < 4.78 is 5.32. The van der Waals surface area contributed by atoms with Gasteiger partial charge in [0, 0.05) is 33.8 Å². The number of ketones is 1. The van der Waals surface area contributed by atoms with Gasteiger partial charge in [0.25, 0.3) is 5.91 Å². The first kappa shape index (κ1) is 18.3. The molecule has 29 heavy (non-hydrogen) atoms. The van der Waals surface area contributed by atoms with Crippen LogP contribution in [-0.4, -0.2) is 28.4 Å². The SMILES string of the molecule is C#CCNC(=O)c1ccc2c(C(=O)c3c(-c4ccccc4)noc3C)c[nH]c2c1. The predicted molar refractivity (Wildman–Crippen MR) is 110 cm³/mol. The van der Waals surface area contributed by atoms with E-state index in [1.807, 2.05) is 30.3 Å². The number of H-pyrrole nitrogens is 1. The molecule has 6 nitrogen and oxygen atoms in total. The van der Waals surface area contributed by atoms with E-state index in [-0.39, 0.29) is 18.2 Å². The van der Waals surface area contributed by atoms with Gasteiger partial charge in [0.2, 0.25) is 5.78 Å². The number of aromatic nitrogens is 2. The molecule has 0 saturated heterocycles. The van der Waals surface area contributed by atoms with Gasteiger partial charge in [0.05, 0.1) is 12.1 Å². The molecule has 0 spiro atoms. The van der Waals surface area contributed by atoms with Crippen LogP contribution in [0.4, 0.5) is 0 Å². The van der Waals surface area contributed by atoms with Crippen LogP contribution in [0.2, 0.25) is 0 Å². The van der Waals surface area contributed by atoms with Gasteiger partial charge in [0.1, 0.15) is 11.5 Å². The topological polar surface area (TPSA) is 88.0 Å². The van der Waals surface area contributed by atoms with E-state index in [1.165, 1.54) is 0 Å². The van der Waals surface area contributed by atoms with Gasteiger partial charge in [0.15, 0.2) is 0 Å². The standard InChI is InChI=1S/C23H17N3O3/c1-3-11-24-23(28)16-9-10-17-18(13-25-19(17)12-16)22(27)20-14(2)29-26-21(20)15-7-5-4-6-8-15/h1,4-10,12-13,25H,11H2,2H3,(H,24,28). The summed E-state index contributed by atoms with van der Waals surface area (Å²) >= 11 is 0. The molecule has 0 aliphatic heterocycles. The Bertz CT molecular complexity index is 1260. The van der Waals surface area contributed by atoms with Crippen molar-refractivity contribution in [1.82, 2.24) is 15.5 Å². The Morgan fingerprint density at radius 1 is 1.21 bits per heavy atom. The zero-order valence-electron chi connectivity index (χ0n) is 15.7. The van der Waals surface area contributed by atoms with Gasteiger partial charge >= 0.3 is 0 Å². The number of rotatable bonds is 5. The molecule has 4 aromatic rings. The second kappa shape index (κ2) is 7.49. The van der Waals surface area contributed by atoms with E-state index in [0.717, 1.165) is 5.56 Å². The molecule has 0 atom stereocenters. The van der Waals surface area contributed by atoms with E-state index < -0.39 is 0 Å². The quantitative estimate of drug-likeness (QED) is 0.406. The molecular weight excluding hydrogens is 366 g/mol. The first-order valence-electron chi connectivity index (χ1n) is 8.99. The van der Waals surface area contributed by atoms with Gasteiger partial charge in [-0.3, -0.25) is 9.59 Å². The minimum atomic E-state index is -0.270. The highest BCUT2D eigenvalue weighted by molar-refractivity contribution is 6.19. The summed E-state index contributed by atoms with van der Waals surface area (Å²) in [6.07, 6.45) is 6.81. The summed E-state index contributed by atoms with van der Waals surface area (Å²) in [5, 5.41) is 7.42. The fourth-order valence-corrected chi connectivity index (χ4v) is 3.26. The number of aryl methyl sites for hydroxylation is 1. The average molecular weight is 383 g/mol. The fourth-order valence-electron chi connectivity index (χ4n) is 3.26. The van der Waals surface area contributed by atoms with Crippen molar-refractivity contribution >= 4 is 22.6 Å². The molecule has 2 N–H and O–H groups in total. The fraction of sp³-hybridized carbons (Fsp3) is 0.0870. The summed E-state index contributed by atoms with van der Waals surface area (Å²) in [5.41, 5.74) is 3.36. The smallest absolute Gasteiger partial charge is 0.252 e. The third-order valence-corrected chi connectivity index (χ3v) is 4.68. The Kier molecular flexibility index (Phi) is 4.71. The van der Waals surface area contributed by atoms with Crippen molar-refractivity contribution < 1.29 is 14.1 Å². The van der Waals surface area contributed by atoms with E-state index in [2.05, 4.69) is 21.4 Å². The molecule has 0 fully saturated rings. The van der Waals surface area contributed by atoms with Crippen LogP contribution in [-0.2, 0) is 0 Å². The molecule has 2 heterocycles. The lowest BCUT2D eigenvalue weighted by molar-refractivity contribution is 0.0958. The number of hydrogen-bond acceptors (Lipinski definition) is 4. The van der Waals surface area contributed by atoms with Crippen molar-refractivity contribution in [3.05, 3.63) is 77.2 Å². The number of hydrogen-bond donors (Lipinski definition) is 2. The minimum absolute atomic E-state index is 0.153. The predicted octanol–water partition coefficient (Wildman–Crippen LogP) is 3.73. The summed E-state index contributed by atoms with van der Waals surface area (Å²) in [6, 6.07) is 14.5. The molecule has 2 aromatic carbocycles. The monoisotopic (exact) mass is 383 g/mol. The van der Waals surface area contributed by atoms with Crippen LogP contribution in [0, 0.1) is 19.3 Å². The van der Waals surface area contributed by atoms with Crippen LogP contribution in [0.1, 0.15) is 32.0 Å². The van der Waals surface area contributed by atoms with Gasteiger partial charge in [-0.15, -0.1) is 6.42 Å². The zero-order valence-corrected chi connectivity index (χ0v) is 15.7. The molecule has 6 heteroatoms. The maximum Gasteiger partial charge on any atom is 0.252 e. The number of nitrogens with zero attached hydrogens (tertiary/aromatic N) is 1. The van der Waals surface area contributed by atoms with E-state index in [0.29, 0.717) is 39.0 Å². The van der Waals surface area contributed by atoms with Crippen molar-refractivity contribution in [2.24, 2.45) is 0 Å². The molecule has 0 radical (unpaired) electrons. The zero-order chi connectivity index (χ0) is 20.4. The van der Waals surface area contributed by atoms with Crippen molar-refractivity contribution in [3.8, 4) is 23.6 Å². The Morgan fingerprint density at radius 3 is 2.76 bits per heavy atom. The first-order valence-corrected chi connectivity index (χ1v) is 8.99. The molecular formula is C23H17N3O3. The first-order chi connectivity index (χ1) is 14.1. The highest BCUT2D eigenvalue weighted by Crippen LogP contribution is 2.30. The van der Waals surface area contributed by atoms with Crippen molar-refractivity contribution in [2.75, 3.05) is 6.54 Å². The van der Waals surface area contributed by atoms with Gasteiger partial charge in [-0.1, -0.05) is 47.5 Å². The molecule has 0 bridgehead atoms. The largest absolute Gasteiger partial charge is 0.360 e. The highest BCUT2D eigenvalue weighted by Gasteiger charge is 2.25. The second-order valence-corrected chi connectivity index (χ2v) is 6.51. The van der Waals surface area contributed by atoms with Crippen LogP contribution < -0.4 is 5.32 Å². The van der Waals surface area contributed by atoms with Crippen molar-refractivity contribution in [2.45, 2.75) is 6.92 Å². The van der Waals surface area contributed by atoms with Crippen molar-refractivity contribution in [3.63, 3.8) is 0 Å². The molecule has 0 aliphatic carbocycles. The lowest BCUT2D eigenvalue weighted by Gasteiger charge is -2.04. The number of carbonyl (C=O) groups is 2. The molecule has 0 saturated carbocycles. The van der Waals surface area contributed by atoms with E-state index >= 15 is 0 Å². The molecule has 2 aromatic heterocycles. The average Bonchev–Trinajstić information content (AvgIpc) is 3.35. The van der Waals surface area contributed by atoms with Gasteiger partial charge in [-0.25, -0.2) is 0 Å². The summed E-state index contributed by atoms with van der Waals surface area (Å²) in [4.78, 5) is 28.5. The van der Waals surface area contributed by atoms with E-state index in [4.69, 9.17) is 10.9 Å². The molecule has 142 valence electrons. The Hall–Kier alpha value is -4.11. The number of fused-ring (bicyclic) bond motifs is 1. The summed E-state index contributed by atoms with van der Waals surface area (Å²) in [5.74, 6) is 2.35. The van der Waals surface area contributed by atoms with Gasteiger partial charge in [-0.2, -0.15) is 0 Å². The van der Waals surface area contributed by atoms with Gasteiger partial charge < -0.3 is 14.8 Å². The number of amides is 1. The lowest BCUT2D eigenvalue weighted by atomic mass is 9.97. The number of terminal acetylenes is 1. The third kappa shape index (κ3) is 3.30. The summed E-state index contributed by atoms with van der Waals surface area (Å²) in [7, 11) is 0. The normalized spacial score (nSPS) is 10.6. The second-order valence-electron chi connectivity index (χ2n) is 6.51. The number of aromatic amines is 1. The van der Waals surface area contributed by atoms with E-state index in [9.17, 15) is 9.59 Å². The lowest BCUT2D eigenvalue weighted by Crippen LogP contribution is -2.23. The third-order valence-electron chi connectivity index (χ3n) is 4.68. The highest BCUT2D eigenvalue weighted by atomic mass is 16.5. The van der Waals surface area contributed by atoms with Crippen LogP contribution in [0.5, 0.6) is 0 Å². The van der Waals surface area contributed by atoms with Crippen LogP contribution >= 0.6 is 0 Å². The minimum Gasteiger partial charge on any atom is -0.360 e. The maximum atomic E-state index is 13.3. The Morgan fingerprint density at radius 2 is 2.00 bits per heavy atom. The van der Waals surface area contributed by atoms with Crippen LogP contribution in [0.25, 0.3) is 22.2 Å². The van der Waals surface area contributed by atoms with Gasteiger partial charge in [-0.05, 0) is 19.1 Å². The summed E-state index contributed by atoms with van der Waals surface area (Å²) in [6.45, 7) is 1.87. The van der Waals surface area contributed by atoms with Crippen LogP contribution in [0.3, 0.4) is 0 Å². The van der Waals surface area contributed by atoms with Crippen LogP contribution in [0.15, 0.2) is 59.3 Å². The maximum absolute atomic E-state index is 13.3. The molecule has 0 unspecified atom stereocenters. The van der Waals surface area contributed by atoms with E-state index in [1.54, 1.807) is 31.3 Å². The Labute approximate surface area is 166 Å². The Balaban J connectivity index is 1.73. The number of benzene rings is 2. The molecule has 1 amide bonds. The number of carbonyl (C=O) groups excluding carboxylic acids is 2. The molecule has 0 aliphatic rings. The number of nitrogens with one attached hydrogen (secondary N) is 2. The van der Waals surface area contributed by atoms with Crippen molar-refractivity contribution in [1.29, 1.82) is 0 Å². The molecule has 4 rings (SSSR count).